The van der Waals surface area contributed by atoms with Crippen LogP contribution in [0, 0.1) is 0 Å². The van der Waals surface area contributed by atoms with E-state index in [0.29, 0.717) is 19.3 Å². The zero-order chi connectivity index (χ0) is 53.6. The van der Waals surface area contributed by atoms with Crippen molar-refractivity contribution in [1.29, 1.82) is 0 Å². The third-order valence-corrected chi connectivity index (χ3v) is 14.3. The first-order valence-electron chi connectivity index (χ1n) is 32.3. The molecule has 6 heteroatoms. The SMILES string of the molecule is CC/C=C\C/C=C\C/C=C\C/C=C\CCCCCCCCCCCCCCC(=O)OCC(COC(=O)CCCCCCCCCCCC)OC(=O)CCCCCCCCCCC/C=C\CCCCCCCCCC. The second-order valence-corrected chi connectivity index (χ2v) is 21.6. The molecule has 0 radical (unpaired) electrons. The molecule has 430 valence electrons. The van der Waals surface area contributed by atoms with E-state index in [1.165, 1.54) is 212 Å². The Labute approximate surface area is 460 Å². The van der Waals surface area contributed by atoms with Crippen molar-refractivity contribution in [2.24, 2.45) is 0 Å². The predicted octanol–water partition coefficient (Wildman–Crippen LogP) is 21.9. The van der Waals surface area contributed by atoms with E-state index in [4.69, 9.17) is 14.2 Å². The molecule has 0 aromatic heterocycles. The van der Waals surface area contributed by atoms with Crippen molar-refractivity contribution in [2.75, 3.05) is 13.2 Å². The molecule has 0 amide bonds. The minimum Gasteiger partial charge on any atom is -0.462 e. The molecule has 0 spiro atoms. The summed E-state index contributed by atoms with van der Waals surface area (Å²) in [7, 11) is 0. The lowest BCUT2D eigenvalue weighted by atomic mass is 10.0. The van der Waals surface area contributed by atoms with Gasteiger partial charge in [-0.3, -0.25) is 14.4 Å². The van der Waals surface area contributed by atoms with E-state index >= 15 is 0 Å². The molecule has 74 heavy (non-hydrogen) atoms. The number of hydrogen-bond donors (Lipinski definition) is 0. The minimum atomic E-state index is -0.774. The van der Waals surface area contributed by atoms with Gasteiger partial charge in [-0.15, -0.1) is 0 Å². The number of carbonyl (C=O) groups excluding carboxylic acids is 3. The molecule has 0 aliphatic heterocycles. The Hall–Kier alpha value is -2.89. The number of rotatable bonds is 59. The molecule has 6 nitrogen and oxygen atoms in total. The molecule has 0 aromatic rings. The van der Waals surface area contributed by atoms with E-state index in [9.17, 15) is 14.4 Å². The molecule has 0 heterocycles. The van der Waals surface area contributed by atoms with Crippen LogP contribution in [0.5, 0.6) is 0 Å². The fourth-order valence-electron chi connectivity index (χ4n) is 9.43. The number of esters is 3. The first-order chi connectivity index (χ1) is 36.5. The van der Waals surface area contributed by atoms with E-state index in [2.05, 4.69) is 81.5 Å². The van der Waals surface area contributed by atoms with Gasteiger partial charge in [0.15, 0.2) is 6.10 Å². The molecule has 0 aromatic carbocycles. The van der Waals surface area contributed by atoms with Gasteiger partial charge in [0, 0.05) is 19.3 Å². The average molecular weight is 1040 g/mol. The Balaban J connectivity index is 4.22. The van der Waals surface area contributed by atoms with Crippen molar-refractivity contribution < 1.29 is 28.6 Å². The minimum absolute atomic E-state index is 0.0715. The summed E-state index contributed by atoms with van der Waals surface area (Å²) in [5.74, 6) is -0.859. The Morgan fingerprint density at radius 3 is 0.838 bits per heavy atom. The highest BCUT2D eigenvalue weighted by Crippen LogP contribution is 2.17. The third-order valence-electron chi connectivity index (χ3n) is 14.3. The number of hydrogen-bond acceptors (Lipinski definition) is 6. The van der Waals surface area contributed by atoms with Gasteiger partial charge >= 0.3 is 17.9 Å². The van der Waals surface area contributed by atoms with Gasteiger partial charge in [-0.25, -0.2) is 0 Å². The van der Waals surface area contributed by atoms with Crippen LogP contribution in [0.1, 0.15) is 335 Å². The molecular weight excluding hydrogens is 913 g/mol. The van der Waals surface area contributed by atoms with Crippen LogP contribution in [-0.4, -0.2) is 37.2 Å². The van der Waals surface area contributed by atoms with Crippen LogP contribution in [-0.2, 0) is 28.6 Å². The normalized spacial score (nSPS) is 12.4. The van der Waals surface area contributed by atoms with Crippen LogP contribution in [0.25, 0.3) is 0 Å². The van der Waals surface area contributed by atoms with Crippen molar-refractivity contribution in [3.63, 3.8) is 0 Å². The van der Waals surface area contributed by atoms with Crippen molar-refractivity contribution >= 4 is 17.9 Å². The molecule has 0 N–H and O–H groups in total. The van der Waals surface area contributed by atoms with Crippen LogP contribution in [0.15, 0.2) is 60.8 Å². The lowest BCUT2D eigenvalue weighted by Crippen LogP contribution is -2.30. The van der Waals surface area contributed by atoms with Gasteiger partial charge in [-0.05, 0) is 83.5 Å². The van der Waals surface area contributed by atoms with Gasteiger partial charge in [0.2, 0.25) is 0 Å². The molecule has 0 saturated carbocycles. The molecule has 0 bridgehead atoms. The molecule has 1 atom stereocenters. The van der Waals surface area contributed by atoms with Gasteiger partial charge in [0.25, 0.3) is 0 Å². The third kappa shape index (κ3) is 60.0. The van der Waals surface area contributed by atoms with E-state index in [1.54, 1.807) is 0 Å². The smallest absolute Gasteiger partial charge is 0.306 e. The molecular formula is C68H122O6. The Kier molecular flexibility index (Phi) is 60.2. The van der Waals surface area contributed by atoms with Crippen LogP contribution < -0.4 is 0 Å². The zero-order valence-corrected chi connectivity index (χ0v) is 49.4. The highest BCUT2D eigenvalue weighted by atomic mass is 16.6. The van der Waals surface area contributed by atoms with Crippen LogP contribution >= 0.6 is 0 Å². The summed E-state index contributed by atoms with van der Waals surface area (Å²) in [5, 5.41) is 0. The zero-order valence-electron chi connectivity index (χ0n) is 49.4. The second-order valence-electron chi connectivity index (χ2n) is 21.6. The van der Waals surface area contributed by atoms with Crippen molar-refractivity contribution in [3.8, 4) is 0 Å². The summed E-state index contributed by atoms with van der Waals surface area (Å²) < 4.78 is 16.9. The lowest BCUT2D eigenvalue weighted by Gasteiger charge is -2.18. The first-order valence-corrected chi connectivity index (χ1v) is 32.3. The maximum absolute atomic E-state index is 12.9. The highest BCUT2D eigenvalue weighted by molar-refractivity contribution is 5.71. The molecule has 0 saturated heterocycles. The number of allylic oxidation sites excluding steroid dienone is 10. The van der Waals surface area contributed by atoms with E-state index in [1.807, 2.05) is 0 Å². The monoisotopic (exact) mass is 1030 g/mol. The number of ether oxygens (including phenoxy) is 3. The van der Waals surface area contributed by atoms with E-state index < -0.39 is 6.10 Å². The van der Waals surface area contributed by atoms with Crippen molar-refractivity contribution in [1.82, 2.24) is 0 Å². The van der Waals surface area contributed by atoms with Crippen LogP contribution in [0.2, 0.25) is 0 Å². The quantitative estimate of drug-likeness (QED) is 0.0261. The van der Waals surface area contributed by atoms with Crippen LogP contribution in [0.4, 0.5) is 0 Å². The molecule has 0 fully saturated rings. The molecule has 0 aliphatic carbocycles. The Bertz CT molecular complexity index is 1330. The number of carbonyl (C=O) groups is 3. The lowest BCUT2D eigenvalue weighted by molar-refractivity contribution is -0.167. The standard InChI is InChI=1S/C68H122O6/c1-4-7-10-13-16-19-22-24-26-28-30-32-33-34-35-37-38-40-42-44-46-49-52-55-58-61-67(70)73-64-65(63-72-66(69)60-57-54-51-48-21-18-15-12-9-6-3)74-68(71)62-59-56-53-50-47-45-43-41-39-36-31-29-27-25-23-20-17-14-11-8-5-2/h7,10,16,19,24,26,29-32,65H,4-6,8-9,11-15,17-18,20-23,25,27-28,33-64H2,1-3H3/b10-7-,19-16-,26-24-,31-29-,32-30-. The Morgan fingerprint density at radius 1 is 0.284 bits per heavy atom. The fraction of sp³-hybridized carbons (Fsp3) is 0.809. The summed E-state index contributed by atoms with van der Waals surface area (Å²) in [5.41, 5.74) is 0. The summed E-state index contributed by atoms with van der Waals surface area (Å²) >= 11 is 0. The van der Waals surface area contributed by atoms with Crippen molar-refractivity contribution in [3.05, 3.63) is 60.8 Å². The van der Waals surface area contributed by atoms with Crippen LogP contribution in [0.3, 0.4) is 0 Å². The molecule has 0 rings (SSSR count). The fourth-order valence-corrected chi connectivity index (χ4v) is 9.43. The maximum atomic E-state index is 12.9. The molecule has 1 unspecified atom stereocenters. The van der Waals surface area contributed by atoms with E-state index in [-0.39, 0.29) is 31.1 Å². The Morgan fingerprint density at radius 2 is 0.527 bits per heavy atom. The largest absolute Gasteiger partial charge is 0.462 e. The van der Waals surface area contributed by atoms with Gasteiger partial charge in [-0.1, -0.05) is 293 Å². The second kappa shape index (κ2) is 62.6. The molecule has 0 aliphatic rings. The predicted molar refractivity (Wildman–Crippen MR) is 321 cm³/mol. The van der Waals surface area contributed by atoms with Gasteiger partial charge < -0.3 is 14.2 Å². The average Bonchev–Trinajstić information content (AvgIpc) is 3.40. The highest BCUT2D eigenvalue weighted by Gasteiger charge is 2.19. The maximum Gasteiger partial charge on any atom is 0.306 e. The van der Waals surface area contributed by atoms with E-state index in [0.717, 1.165) is 83.5 Å². The summed E-state index contributed by atoms with van der Waals surface area (Å²) in [4.78, 5) is 38.2. The summed E-state index contributed by atoms with van der Waals surface area (Å²) in [6.45, 7) is 6.56. The van der Waals surface area contributed by atoms with Crippen molar-refractivity contribution in [2.45, 2.75) is 341 Å². The topological polar surface area (TPSA) is 78.9 Å². The summed E-state index contributed by atoms with van der Waals surface area (Å²) in [6, 6.07) is 0. The van der Waals surface area contributed by atoms with Gasteiger partial charge in [0.1, 0.15) is 13.2 Å². The first kappa shape index (κ1) is 71.1. The van der Waals surface area contributed by atoms with Gasteiger partial charge in [0.05, 0.1) is 0 Å². The number of unbranched alkanes of at least 4 members (excludes halogenated alkanes) is 38. The summed E-state index contributed by atoms with van der Waals surface area (Å²) in [6.07, 6.45) is 79.5. The van der Waals surface area contributed by atoms with Gasteiger partial charge in [-0.2, -0.15) is 0 Å².